The summed E-state index contributed by atoms with van der Waals surface area (Å²) in [7, 11) is 1.74. The van der Waals surface area contributed by atoms with Crippen LogP contribution in [0.25, 0.3) is 0 Å². The van der Waals surface area contributed by atoms with Crippen LogP contribution in [0.3, 0.4) is 0 Å². The Labute approximate surface area is 137 Å². The molecular formula is C15H17FN4O4. The standard InChI is InChI=1S/C15H17FN4O4/c1-8-14(9(2)19(4)18-8)17-15(21)10(3)24-13-7-11(16)5-6-12(13)20(22)23/h5-7,10H,1-4H3,(H,17,21)/t10-/m0/s1. The zero-order chi connectivity index (χ0) is 18.0. The van der Waals surface area contributed by atoms with Crippen molar-refractivity contribution in [1.82, 2.24) is 9.78 Å². The Hall–Kier alpha value is -2.97. The molecule has 1 aromatic heterocycles. The monoisotopic (exact) mass is 336 g/mol. The highest BCUT2D eigenvalue weighted by Gasteiger charge is 2.23. The van der Waals surface area contributed by atoms with Crippen molar-refractivity contribution >= 4 is 17.3 Å². The normalized spacial score (nSPS) is 11.9. The van der Waals surface area contributed by atoms with Gasteiger partial charge in [-0.1, -0.05) is 0 Å². The van der Waals surface area contributed by atoms with Gasteiger partial charge in [0.15, 0.2) is 6.10 Å². The van der Waals surface area contributed by atoms with E-state index >= 15 is 0 Å². The molecule has 0 radical (unpaired) electrons. The van der Waals surface area contributed by atoms with Gasteiger partial charge in [0.05, 0.1) is 22.0 Å². The number of amides is 1. The van der Waals surface area contributed by atoms with Gasteiger partial charge < -0.3 is 10.1 Å². The largest absolute Gasteiger partial charge is 0.474 e. The van der Waals surface area contributed by atoms with Gasteiger partial charge in [0.1, 0.15) is 5.82 Å². The van der Waals surface area contributed by atoms with Gasteiger partial charge in [-0.15, -0.1) is 0 Å². The van der Waals surface area contributed by atoms with Crippen LogP contribution in [0.5, 0.6) is 5.75 Å². The number of hydrogen-bond acceptors (Lipinski definition) is 5. The molecule has 24 heavy (non-hydrogen) atoms. The Morgan fingerprint density at radius 1 is 1.46 bits per heavy atom. The van der Waals surface area contributed by atoms with Crippen LogP contribution < -0.4 is 10.1 Å². The minimum absolute atomic E-state index is 0.303. The summed E-state index contributed by atoms with van der Waals surface area (Å²) < 4.78 is 20.2. The predicted octanol–water partition coefficient (Wildman–Crippen LogP) is 2.49. The van der Waals surface area contributed by atoms with Gasteiger partial charge >= 0.3 is 5.69 Å². The molecule has 0 unspecified atom stereocenters. The summed E-state index contributed by atoms with van der Waals surface area (Å²) in [5.74, 6) is -1.52. The molecular weight excluding hydrogens is 319 g/mol. The van der Waals surface area contributed by atoms with Crippen molar-refractivity contribution in [2.24, 2.45) is 7.05 Å². The van der Waals surface area contributed by atoms with Crippen LogP contribution >= 0.6 is 0 Å². The number of carbonyl (C=O) groups is 1. The third kappa shape index (κ3) is 3.50. The van der Waals surface area contributed by atoms with Crippen LogP contribution in [0.4, 0.5) is 15.8 Å². The van der Waals surface area contributed by atoms with E-state index in [2.05, 4.69) is 10.4 Å². The number of ether oxygens (including phenoxy) is 1. The second kappa shape index (κ2) is 6.65. The molecule has 0 fully saturated rings. The van der Waals surface area contributed by atoms with E-state index < -0.39 is 28.4 Å². The minimum Gasteiger partial charge on any atom is -0.474 e. The molecule has 0 saturated heterocycles. The quantitative estimate of drug-likeness (QED) is 0.668. The van der Waals surface area contributed by atoms with Gasteiger partial charge in [0.25, 0.3) is 5.91 Å². The predicted molar refractivity (Wildman–Crippen MR) is 84.5 cm³/mol. The van der Waals surface area contributed by atoms with Gasteiger partial charge in [-0.3, -0.25) is 19.6 Å². The third-order valence-electron chi connectivity index (χ3n) is 3.55. The van der Waals surface area contributed by atoms with Crippen LogP contribution in [0, 0.1) is 29.8 Å². The van der Waals surface area contributed by atoms with Gasteiger partial charge in [0, 0.05) is 19.2 Å². The fourth-order valence-corrected chi connectivity index (χ4v) is 2.16. The van der Waals surface area contributed by atoms with E-state index in [4.69, 9.17) is 4.74 Å². The molecule has 1 aromatic carbocycles. The molecule has 0 aliphatic carbocycles. The second-order valence-electron chi connectivity index (χ2n) is 5.29. The summed E-state index contributed by atoms with van der Waals surface area (Å²) in [6.45, 7) is 4.95. The molecule has 8 nitrogen and oxygen atoms in total. The van der Waals surface area contributed by atoms with Gasteiger partial charge in [-0.05, 0) is 26.8 Å². The Morgan fingerprint density at radius 3 is 2.67 bits per heavy atom. The lowest BCUT2D eigenvalue weighted by molar-refractivity contribution is -0.386. The molecule has 1 N–H and O–H groups in total. The van der Waals surface area contributed by atoms with Crippen molar-refractivity contribution < 1.29 is 18.8 Å². The molecule has 2 rings (SSSR count). The third-order valence-corrected chi connectivity index (χ3v) is 3.55. The van der Waals surface area contributed by atoms with Crippen LogP contribution in [-0.4, -0.2) is 26.7 Å². The van der Waals surface area contributed by atoms with E-state index in [9.17, 15) is 19.3 Å². The summed E-state index contributed by atoms with van der Waals surface area (Å²) in [5, 5.41) is 17.8. The van der Waals surface area contributed by atoms with E-state index in [0.29, 0.717) is 11.4 Å². The number of benzene rings is 1. The van der Waals surface area contributed by atoms with Crippen LogP contribution in [0.1, 0.15) is 18.3 Å². The highest BCUT2D eigenvalue weighted by molar-refractivity contribution is 5.95. The molecule has 0 saturated carbocycles. The average Bonchev–Trinajstić information content (AvgIpc) is 2.73. The zero-order valence-electron chi connectivity index (χ0n) is 13.7. The molecule has 0 aliphatic rings. The number of aryl methyl sites for hydroxylation is 2. The fourth-order valence-electron chi connectivity index (χ4n) is 2.16. The first-order chi connectivity index (χ1) is 11.2. The molecule has 1 heterocycles. The number of aromatic nitrogens is 2. The Bertz CT molecular complexity index is 803. The molecule has 0 spiro atoms. The maximum atomic E-state index is 13.3. The number of nitro benzene ring substituents is 1. The number of rotatable bonds is 5. The van der Waals surface area contributed by atoms with Crippen molar-refractivity contribution in [2.45, 2.75) is 26.9 Å². The highest BCUT2D eigenvalue weighted by Crippen LogP contribution is 2.28. The lowest BCUT2D eigenvalue weighted by Crippen LogP contribution is -2.30. The fraction of sp³-hybridized carbons (Fsp3) is 0.333. The molecule has 0 aliphatic heterocycles. The van der Waals surface area contributed by atoms with Crippen molar-refractivity contribution in [3.63, 3.8) is 0 Å². The van der Waals surface area contributed by atoms with Crippen LogP contribution in [0.15, 0.2) is 18.2 Å². The maximum Gasteiger partial charge on any atom is 0.311 e. The lowest BCUT2D eigenvalue weighted by atomic mass is 10.2. The number of nitrogens with one attached hydrogen (secondary N) is 1. The summed E-state index contributed by atoms with van der Waals surface area (Å²) in [4.78, 5) is 22.5. The Balaban J connectivity index is 2.18. The number of nitrogens with zero attached hydrogens (tertiary/aromatic N) is 3. The first-order valence-electron chi connectivity index (χ1n) is 7.12. The number of anilines is 1. The van der Waals surface area contributed by atoms with E-state index in [1.807, 2.05) is 0 Å². The van der Waals surface area contributed by atoms with E-state index in [-0.39, 0.29) is 5.75 Å². The molecule has 0 bridgehead atoms. The molecule has 1 atom stereocenters. The topological polar surface area (TPSA) is 99.3 Å². The number of nitro groups is 1. The smallest absolute Gasteiger partial charge is 0.311 e. The van der Waals surface area contributed by atoms with E-state index in [0.717, 1.165) is 23.9 Å². The Morgan fingerprint density at radius 2 is 2.12 bits per heavy atom. The summed E-state index contributed by atoms with van der Waals surface area (Å²) in [6.07, 6.45) is -1.07. The van der Waals surface area contributed by atoms with Crippen molar-refractivity contribution in [2.75, 3.05) is 5.32 Å². The molecule has 1 amide bonds. The van der Waals surface area contributed by atoms with E-state index in [1.54, 1.807) is 25.6 Å². The average molecular weight is 336 g/mol. The number of hydrogen-bond donors (Lipinski definition) is 1. The number of halogens is 1. The Kier molecular flexibility index (Phi) is 4.82. The van der Waals surface area contributed by atoms with Gasteiger partial charge in [-0.2, -0.15) is 5.10 Å². The van der Waals surface area contributed by atoms with Crippen molar-refractivity contribution in [3.05, 3.63) is 45.5 Å². The second-order valence-corrected chi connectivity index (χ2v) is 5.29. The summed E-state index contributed by atoms with van der Waals surface area (Å²) in [6, 6.07) is 2.82. The molecule has 2 aromatic rings. The lowest BCUT2D eigenvalue weighted by Gasteiger charge is -2.15. The van der Waals surface area contributed by atoms with Gasteiger partial charge in [0.2, 0.25) is 5.75 Å². The first kappa shape index (κ1) is 17.4. The molecule has 128 valence electrons. The van der Waals surface area contributed by atoms with Crippen LogP contribution in [0.2, 0.25) is 0 Å². The summed E-state index contributed by atoms with van der Waals surface area (Å²) >= 11 is 0. The van der Waals surface area contributed by atoms with E-state index in [1.165, 1.54) is 6.92 Å². The maximum absolute atomic E-state index is 13.3. The summed E-state index contributed by atoms with van der Waals surface area (Å²) in [5.41, 5.74) is 1.52. The van der Waals surface area contributed by atoms with Crippen molar-refractivity contribution in [1.29, 1.82) is 0 Å². The molecule has 9 heteroatoms. The zero-order valence-corrected chi connectivity index (χ0v) is 13.7. The minimum atomic E-state index is -1.07. The highest BCUT2D eigenvalue weighted by atomic mass is 19.1. The van der Waals surface area contributed by atoms with Crippen molar-refractivity contribution in [3.8, 4) is 5.75 Å². The SMILES string of the molecule is Cc1nn(C)c(C)c1NC(=O)[C@H](C)Oc1cc(F)ccc1[N+](=O)[O-]. The first-order valence-corrected chi connectivity index (χ1v) is 7.12. The van der Waals surface area contributed by atoms with Gasteiger partial charge in [-0.25, -0.2) is 4.39 Å². The number of carbonyl (C=O) groups excluding carboxylic acids is 1. The van der Waals surface area contributed by atoms with Crippen LogP contribution in [-0.2, 0) is 11.8 Å².